The average Bonchev–Trinajstić information content (AvgIpc) is 2.79. The minimum absolute atomic E-state index is 0.160. The summed E-state index contributed by atoms with van der Waals surface area (Å²) in [6.45, 7) is 3.85. The first-order chi connectivity index (χ1) is 15.0. The second-order valence-corrected chi connectivity index (χ2v) is 11.4. The zero-order valence-electron chi connectivity index (χ0n) is 20.0. The molecule has 3 saturated carbocycles. The Morgan fingerprint density at radius 1 is 0.710 bits per heavy atom. The maximum absolute atomic E-state index is 14.1. The van der Waals surface area contributed by atoms with Crippen molar-refractivity contribution in [1.82, 2.24) is 0 Å². The molecule has 2 heteroatoms. The predicted molar refractivity (Wildman–Crippen MR) is 126 cm³/mol. The second-order valence-electron chi connectivity index (χ2n) is 11.4. The third-order valence-electron chi connectivity index (χ3n) is 9.41. The molecule has 0 heterocycles. The van der Waals surface area contributed by atoms with Crippen molar-refractivity contribution in [3.05, 3.63) is 34.9 Å². The lowest BCUT2D eigenvalue weighted by molar-refractivity contribution is 0.108. The Labute approximate surface area is 189 Å². The van der Waals surface area contributed by atoms with Crippen LogP contribution in [0.3, 0.4) is 0 Å². The molecule has 4 unspecified atom stereocenters. The van der Waals surface area contributed by atoms with Crippen LogP contribution in [-0.4, -0.2) is 0 Å². The van der Waals surface area contributed by atoms with E-state index in [9.17, 15) is 8.78 Å². The zero-order valence-corrected chi connectivity index (χ0v) is 20.0. The Kier molecular flexibility index (Phi) is 8.10. The highest BCUT2D eigenvalue weighted by Gasteiger charge is 2.36. The van der Waals surface area contributed by atoms with Crippen molar-refractivity contribution in [2.75, 3.05) is 0 Å². The highest BCUT2D eigenvalue weighted by Crippen LogP contribution is 2.49. The number of unbranched alkanes of at least 4 members (excludes halogenated alkanes) is 1. The smallest absolute Gasteiger partial charge is 0.129 e. The van der Waals surface area contributed by atoms with Crippen LogP contribution >= 0.6 is 0 Å². The maximum Gasteiger partial charge on any atom is 0.129 e. The molecule has 0 nitrogen and oxygen atoms in total. The molecule has 174 valence electrons. The summed E-state index contributed by atoms with van der Waals surface area (Å²) in [5, 5.41) is 0. The van der Waals surface area contributed by atoms with Crippen molar-refractivity contribution in [1.29, 1.82) is 0 Å². The van der Waals surface area contributed by atoms with Crippen LogP contribution in [-0.2, 0) is 0 Å². The fourth-order valence-electron chi connectivity index (χ4n) is 7.22. The Morgan fingerprint density at radius 3 is 1.94 bits per heavy atom. The molecule has 4 atom stereocenters. The minimum atomic E-state index is -0.375. The lowest BCUT2D eigenvalue weighted by Crippen LogP contribution is -2.30. The van der Waals surface area contributed by atoms with Crippen LogP contribution < -0.4 is 0 Å². The van der Waals surface area contributed by atoms with Crippen molar-refractivity contribution < 1.29 is 8.78 Å². The summed E-state index contributed by atoms with van der Waals surface area (Å²) in [4.78, 5) is 0. The van der Waals surface area contributed by atoms with Gasteiger partial charge in [0.2, 0.25) is 0 Å². The van der Waals surface area contributed by atoms with Crippen LogP contribution in [0.5, 0.6) is 0 Å². The Hall–Kier alpha value is -0.920. The molecule has 0 spiro atoms. The molecule has 0 aromatic heterocycles. The normalized spacial score (nSPS) is 33.8. The molecule has 3 aliphatic rings. The first kappa shape index (κ1) is 23.2. The van der Waals surface area contributed by atoms with Gasteiger partial charge in [-0.15, -0.1) is 0 Å². The molecule has 0 saturated heterocycles. The first-order valence-electron chi connectivity index (χ1n) is 13.5. The van der Waals surface area contributed by atoms with Gasteiger partial charge in [-0.05, 0) is 92.2 Å². The van der Waals surface area contributed by atoms with E-state index in [1.165, 1.54) is 90.4 Å². The maximum atomic E-state index is 14.1. The number of hydrogen-bond donors (Lipinski definition) is 0. The van der Waals surface area contributed by atoms with Crippen LogP contribution in [0.1, 0.15) is 120 Å². The molecular weight excluding hydrogens is 386 g/mol. The van der Waals surface area contributed by atoms with Crippen molar-refractivity contribution >= 4 is 0 Å². The van der Waals surface area contributed by atoms with Gasteiger partial charge in [-0.3, -0.25) is 0 Å². The molecule has 0 amide bonds. The molecule has 1 aromatic carbocycles. The summed E-state index contributed by atoms with van der Waals surface area (Å²) in [6.07, 6.45) is 20.8. The lowest BCUT2D eigenvalue weighted by atomic mass is 9.63. The molecule has 3 fully saturated rings. The van der Waals surface area contributed by atoms with Crippen molar-refractivity contribution in [3.8, 4) is 0 Å². The van der Waals surface area contributed by atoms with E-state index in [-0.39, 0.29) is 17.2 Å². The second kappa shape index (κ2) is 10.8. The first-order valence-corrected chi connectivity index (χ1v) is 13.5. The summed E-state index contributed by atoms with van der Waals surface area (Å²) >= 11 is 0. The van der Waals surface area contributed by atoms with E-state index in [0.717, 1.165) is 48.0 Å². The molecule has 1 aromatic rings. The predicted octanol–water partition coefficient (Wildman–Crippen LogP) is 9.35. The van der Waals surface area contributed by atoms with E-state index in [2.05, 4.69) is 6.92 Å². The van der Waals surface area contributed by atoms with E-state index in [1.54, 1.807) is 12.1 Å². The van der Waals surface area contributed by atoms with Gasteiger partial charge < -0.3 is 0 Å². The fourth-order valence-corrected chi connectivity index (χ4v) is 7.22. The largest absolute Gasteiger partial charge is 0.207 e. The Bertz CT molecular complexity index is 680. The summed E-state index contributed by atoms with van der Waals surface area (Å²) in [6, 6.07) is 3.21. The van der Waals surface area contributed by atoms with E-state index in [0.29, 0.717) is 5.92 Å². The van der Waals surface area contributed by atoms with Gasteiger partial charge in [-0.1, -0.05) is 71.1 Å². The van der Waals surface area contributed by atoms with Gasteiger partial charge >= 0.3 is 0 Å². The summed E-state index contributed by atoms with van der Waals surface area (Å²) in [5.74, 6) is 4.20. The summed E-state index contributed by atoms with van der Waals surface area (Å²) in [7, 11) is 0. The van der Waals surface area contributed by atoms with E-state index < -0.39 is 0 Å². The van der Waals surface area contributed by atoms with Gasteiger partial charge in [0.15, 0.2) is 0 Å². The molecule has 31 heavy (non-hydrogen) atoms. The van der Waals surface area contributed by atoms with Crippen LogP contribution in [0.2, 0.25) is 0 Å². The topological polar surface area (TPSA) is 0 Å². The van der Waals surface area contributed by atoms with Crippen molar-refractivity contribution in [2.24, 2.45) is 29.6 Å². The molecule has 0 bridgehead atoms. The quantitative estimate of drug-likeness (QED) is 0.404. The number of rotatable bonds is 7. The van der Waals surface area contributed by atoms with Gasteiger partial charge in [0.05, 0.1) is 0 Å². The van der Waals surface area contributed by atoms with E-state index in [4.69, 9.17) is 0 Å². The van der Waals surface area contributed by atoms with Gasteiger partial charge in [0.25, 0.3) is 0 Å². The number of fused-ring (bicyclic) bond motifs is 1. The van der Waals surface area contributed by atoms with Crippen LogP contribution in [0.4, 0.5) is 8.78 Å². The highest BCUT2D eigenvalue weighted by atomic mass is 19.1. The fraction of sp³-hybridized carbons (Fsp3) is 0.793. The third-order valence-corrected chi connectivity index (χ3v) is 9.41. The Morgan fingerprint density at radius 2 is 1.26 bits per heavy atom. The number of benzene rings is 1. The molecule has 3 aliphatic carbocycles. The van der Waals surface area contributed by atoms with Gasteiger partial charge in [0, 0.05) is 5.56 Å². The Balaban J connectivity index is 1.21. The van der Waals surface area contributed by atoms with E-state index in [1.807, 2.05) is 0 Å². The number of hydrogen-bond acceptors (Lipinski definition) is 0. The van der Waals surface area contributed by atoms with Gasteiger partial charge in [-0.25, -0.2) is 8.78 Å². The highest BCUT2D eigenvalue weighted by molar-refractivity contribution is 5.28. The molecular formula is C29H44F2. The molecule has 4 rings (SSSR count). The van der Waals surface area contributed by atoms with Crippen molar-refractivity contribution in [2.45, 2.75) is 116 Å². The van der Waals surface area contributed by atoms with Crippen LogP contribution in [0.25, 0.3) is 0 Å². The molecule has 0 N–H and O–H groups in total. The minimum Gasteiger partial charge on any atom is -0.207 e. The zero-order chi connectivity index (χ0) is 21.8. The average molecular weight is 431 g/mol. The van der Waals surface area contributed by atoms with E-state index >= 15 is 0 Å². The number of halogens is 2. The van der Waals surface area contributed by atoms with Crippen LogP contribution in [0, 0.1) is 48.1 Å². The van der Waals surface area contributed by atoms with Gasteiger partial charge in [-0.2, -0.15) is 0 Å². The van der Waals surface area contributed by atoms with Crippen LogP contribution in [0.15, 0.2) is 12.1 Å². The summed E-state index contributed by atoms with van der Waals surface area (Å²) < 4.78 is 28.1. The standard InChI is InChI=1S/C29H44F2/c1-3-4-5-21-6-8-22(9-7-21)10-11-23-12-13-25-17-26(15-14-24(25)16-23)27-18-28(30)20(2)29(31)19-27/h18-19,21-26H,3-17H2,1-2H3. The lowest BCUT2D eigenvalue weighted by Gasteiger charge is -2.43. The molecule has 0 radical (unpaired) electrons. The third kappa shape index (κ3) is 5.91. The van der Waals surface area contributed by atoms with Gasteiger partial charge in [0.1, 0.15) is 11.6 Å². The SMILES string of the molecule is CCCCC1CCC(CCC2CCC3CC(c4cc(F)c(C)c(F)c4)CCC3C2)CC1. The monoisotopic (exact) mass is 430 g/mol. The van der Waals surface area contributed by atoms with Crippen molar-refractivity contribution in [3.63, 3.8) is 0 Å². The summed E-state index contributed by atoms with van der Waals surface area (Å²) in [5.41, 5.74) is 1.06. The molecule has 0 aliphatic heterocycles.